The molecule has 6 nitrogen and oxygen atoms in total. The maximum atomic E-state index is 5.69. The summed E-state index contributed by atoms with van der Waals surface area (Å²) >= 11 is 1.72. The van der Waals surface area contributed by atoms with Crippen LogP contribution in [0.4, 0.5) is 0 Å². The van der Waals surface area contributed by atoms with Crippen molar-refractivity contribution in [2.75, 3.05) is 33.4 Å². The number of nitrogens with zero attached hydrogens (tertiary/aromatic N) is 2. The van der Waals surface area contributed by atoms with Gasteiger partial charge in [-0.05, 0) is 26.2 Å². The number of rotatable bonds is 9. The highest BCUT2D eigenvalue weighted by Crippen LogP contribution is 2.27. The van der Waals surface area contributed by atoms with Crippen LogP contribution in [-0.2, 0) is 16.0 Å². The van der Waals surface area contributed by atoms with E-state index in [0.717, 1.165) is 61.2 Å². The molecule has 1 saturated heterocycles. The number of thiazole rings is 1. The predicted molar refractivity (Wildman–Crippen MR) is 115 cm³/mol. The Labute approximate surface area is 171 Å². The molecular formula is C21H30N4O2S. The molecule has 2 heterocycles. The van der Waals surface area contributed by atoms with Crippen molar-refractivity contribution in [3.05, 3.63) is 40.9 Å². The SMILES string of the molecule is CN=C(NCCCOCC1CCCO1)NCc1sc(-c2ccccc2)nc1C. The van der Waals surface area contributed by atoms with Crippen LogP contribution in [0.15, 0.2) is 35.3 Å². The largest absolute Gasteiger partial charge is 0.379 e. The van der Waals surface area contributed by atoms with Crippen LogP contribution < -0.4 is 10.6 Å². The van der Waals surface area contributed by atoms with E-state index in [1.54, 1.807) is 18.4 Å². The Morgan fingerprint density at radius 3 is 2.93 bits per heavy atom. The van der Waals surface area contributed by atoms with E-state index in [0.29, 0.717) is 19.3 Å². The smallest absolute Gasteiger partial charge is 0.191 e. The molecule has 152 valence electrons. The maximum Gasteiger partial charge on any atom is 0.191 e. The summed E-state index contributed by atoms with van der Waals surface area (Å²) in [6.45, 7) is 5.92. The van der Waals surface area contributed by atoms with Gasteiger partial charge in [0.25, 0.3) is 0 Å². The van der Waals surface area contributed by atoms with Gasteiger partial charge in [-0.2, -0.15) is 0 Å². The molecule has 7 heteroatoms. The summed E-state index contributed by atoms with van der Waals surface area (Å²) in [6, 6.07) is 10.3. The zero-order chi connectivity index (χ0) is 19.6. The number of guanidine groups is 1. The van der Waals surface area contributed by atoms with Gasteiger partial charge in [-0.1, -0.05) is 30.3 Å². The van der Waals surface area contributed by atoms with Gasteiger partial charge < -0.3 is 20.1 Å². The van der Waals surface area contributed by atoms with E-state index >= 15 is 0 Å². The first kappa shape index (κ1) is 20.8. The maximum absolute atomic E-state index is 5.69. The Bertz CT molecular complexity index is 742. The minimum absolute atomic E-state index is 0.297. The molecule has 2 aromatic rings. The summed E-state index contributed by atoms with van der Waals surface area (Å²) in [5.41, 5.74) is 2.22. The highest BCUT2D eigenvalue weighted by atomic mass is 32.1. The molecule has 1 unspecified atom stereocenters. The zero-order valence-electron chi connectivity index (χ0n) is 16.7. The van der Waals surface area contributed by atoms with Crippen molar-refractivity contribution < 1.29 is 9.47 Å². The van der Waals surface area contributed by atoms with E-state index in [1.165, 1.54) is 4.88 Å². The lowest BCUT2D eigenvalue weighted by atomic mass is 10.2. The van der Waals surface area contributed by atoms with Crippen LogP contribution in [-0.4, -0.2) is 50.5 Å². The number of benzene rings is 1. The summed E-state index contributed by atoms with van der Waals surface area (Å²) in [4.78, 5) is 10.2. The third kappa shape index (κ3) is 6.29. The average Bonchev–Trinajstić information content (AvgIpc) is 3.37. The van der Waals surface area contributed by atoms with E-state index in [2.05, 4.69) is 34.7 Å². The number of nitrogens with one attached hydrogen (secondary N) is 2. The zero-order valence-corrected chi connectivity index (χ0v) is 17.6. The fourth-order valence-electron chi connectivity index (χ4n) is 3.05. The van der Waals surface area contributed by atoms with Gasteiger partial charge in [0.15, 0.2) is 5.96 Å². The molecule has 0 amide bonds. The van der Waals surface area contributed by atoms with Crippen molar-refractivity contribution in [3.63, 3.8) is 0 Å². The Kier molecular flexibility index (Phi) is 8.26. The van der Waals surface area contributed by atoms with E-state index in [9.17, 15) is 0 Å². The molecule has 1 atom stereocenters. The second-order valence-electron chi connectivity index (χ2n) is 6.81. The molecular weight excluding hydrogens is 372 g/mol. The lowest BCUT2D eigenvalue weighted by Gasteiger charge is -2.12. The van der Waals surface area contributed by atoms with Gasteiger partial charge in [-0.3, -0.25) is 4.99 Å². The monoisotopic (exact) mass is 402 g/mol. The second-order valence-corrected chi connectivity index (χ2v) is 7.89. The van der Waals surface area contributed by atoms with Gasteiger partial charge >= 0.3 is 0 Å². The van der Waals surface area contributed by atoms with E-state index in [-0.39, 0.29) is 0 Å². The number of hydrogen-bond donors (Lipinski definition) is 2. The van der Waals surface area contributed by atoms with Crippen LogP contribution >= 0.6 is 11.3 Å². The third-order valence-electron chi connectivity index (χ3n) is 4.64. The van der Waals surface area contributed by atoms with E-state index in [4.69, 9.17) is 14.5 Å². The molecule has 2 N–H and O–H groups in total. The highest BCUT2D eigenvalue weighted by molar-refractivity contribution is 7.15. The Morgan fingerprint density at radius 1 is 1.32 bits per heavy atom. The average molecular weight is 403 g/mol. The first-order chi connectivity index (χ1) is 13.8. The van der Waals surface area contributed by atoms with Gasteiger partial charge in [0, 0.05) is 37.2 Å². The fourth-order valence-corrected chi connectivity index (χ4v) is 4.06. The molecule has 1 aromatic heterocycles. The minimum Gasteiger partial charge on any atom is -0.379 e. The molecule has 3 rings (SSSR count). The van der Waals surface area contributed by atoms with Crippen LogP contribution in [0.1, 0.15) is 29.8 Å². The van der Waals surface area contributed by atoms with Crippen LogP contribution in [0, 0.1) is 6.92 Å². The lowest BCUT2D eigenvalue weighted by molar-refractivity contribution is 0.0168. The van der Waals surface area contributed by atoms with Crippen LogP contribution in [0.25, 0.3) is 10.6 Å². The van der Waals surface area contributed by atoms with E-state index in [1.807, 2.05) is 18.2 Å². The minimum atomic E-state index is 0.297. The van der Waals surface area contributed by atoms with Gasteiger partial charge in [-0.25, -0.2) is 4.98 Å². The van der Waals surface area contributed by atoms with E-state index < -0.39 is 0 Å². The van der Waals surface area contributed by atoms with Crippen LogP contribution in [0.5, 0.6) is 0 Å². The quantitative estimate of drug-likeness (QED) is 0.382. The Balaban J connectivity index is 1.36. The molecule has 0 radical (unpaired) electrons. The highest BCUT2D eigenvalue weighted by Gasteiger charge is 2.15. The molecule has 1 aliphatic heterocycles. The molecule has 0 saturated carbocycles. The molecule has 0 spiro atoms. The standard InChI is InChI=1S/C21H30N4O2S/c1-16-19(28-20(25-16)17-8-4-3-5-9-17)14-24-21(22-2)23-11-7-12-26-15-18-10-6-13-27-18/h3-5,8-9,18H,6-7,10-15H2,1-2H3,(H2,22,23,24). The van der Waals surface area contributed by atoms with Gasteiger partial charge in [0.1, 0.15) is 5.01 Å². The number of ether oxygens (including phenoxy) is 2. The van der Waals surface area contributed by atoms with Crippen molar-refractivity contribution in [1.29, 1.82) is 0 Å². The molecule has 1 aromatic carbocycles. The topological polar surface area (TPSA) is 67.8 Å². The summed E-state index contributed by atoms with van der Waals surface area (Å²) in [6.07, 6.45) is 3.51. The molecule has 1 aliphatic rings. The molecule has 28 heavy (non-hydrogen) atoms. The van der Waals surface area contributed by atoms with Crippen molar-refractivity contribution in [2.24, 2.45) is 4.99 Å². The lowest BCUT2D eigenvalue weighted by Crippen LogP contribution is -2.37. The van der Waals surface area contributed by atoms with Crippen molar-refractivity contribution >= 4 is 17.3 Å². The van der Waals surface area contributed by atoms with Crippen molar-refractivity contribution in [1.82, 2.24) is 15.6 Å². The first-order valence-corrected chi connectivity index (χ1v) is 10.7. The van der Waals surface area contributed by atoms with Gasteiger partial charge in [0.2, 0.25) is 0 Å². The molecule has 0 bridgehead atoms. The van der Waals surface area contributed by atoms with Gasteiger partial charge in [0.05, 0.1) is 24.9 Å². The molecule has 0 aliphatic carbocycles. The number of hydrogen-bond acceptors (Lipinski definition) is 5. The Morgan fingerprint density at radius 2 is 2.18 bits per heavy atom. The third-order valence-corrected chi connectivity index (χ3v) is 5.85. The summed E-state index contributed by atoms with van der Waals surface area (Å²) in [5, 5.41) is 7.77. The fraction of sp³-hybridized carbons (Fsp3) is 0.524. The molecule has 1 fully saturated rings. The van der Waals surface area contributed by atoms with Crippen molar-refractivity contribution in [3.8, 4) is 10.6 Å². The first-order valence-electron chi connectivity index (χ1n) is 9.92. The predicted octanol–water partition coefficient (Wildman–Crippen LogP) is 3.37. The summed E-state index contributed by atoms with van der Waals surface area (Å²) in [5.74, 6) is 0.799. The summed E-state index contributed by atoms with van der Waals surface area (Å²) < 4.78 is 11.2. The normalized spacial score (nSPS) is 17.1. The second kappa shape index (κ2) is 11.1. The summed E-state index contributed by atoms with van der Waals surface area (Å²) in [7, 11) is 1.79. The number of aromatic nitrogens is 1. The Hall–Kier alpha value is -1.96. The van der Waals surface area contributed by atoms with Gasteiger partial charge in [-0.15, -0.1) is 11.3 Å². The van der Waals surface area contributed by atoms with Crippen LogP contribution in [0.2, 0.25) is 0 Å². The van der Waals surface area contributed by atoms with Crippen molar-refractivity contribution in [2.45, 2.75) is 38.8 Å². The number of aliphatic imine (C=N–C) groups is 1. The van der Waals surface area contributed by atoms with Crippen LogP contribution in [0.3, 0.4) is 0 Å². The number of aryl methyl sites for hydroxylation is 1.